The fourth-order valence-electron chi connectivity index (χ4n) is 5.34. The number of fused-ring (bicyclic) bond motifs is 1. The van der Waals surface area contributed by atoms with Gasteiger partial charge >= 0.3 is 0 Å². The van der Waals surface area contributed by atoms with E-state index in [0.29, 0.717) is 60.6 Å². The first-order valence-electron chi connectivity index (χ1n) is 13.6. The molecule has 6 rings (SSSR count). The van der Waals surface area contributed by atoms with Crippen molar-refractivity contribution in [2.45, 2.75) is 45.0 Å². The number of nitriles is 1. The molecular formula is C29H29N9O4. The van der Waals surface area contributed by atoms with E-state index in [1.54, 1.807) is 36.3 Å². The predicted molar refractivity (Wildman–Crippen MR) is 150 cm³/mol. The Hall–Kier alpha value is -5.09. The van der Waals surface area contributed by atoms with Crippen LogP contribution < -0.4 is 14.8 Å². The molecule has 0 spiro atoms. The van der Waals surface area contributed by atoms with Crippen molar-refractivity contribution in [3.8, 4) is 28.7 Å². The molecule has 13 nitrogen and oxygen atoms in total. The number of benzene rings is 2. The van der Waals surface area contributed by atoms with Crippen LogP contribution in [0.3, 0.4) is 0 Å². The van der Waals surface area contributed by atoms with Gasteiger partial charge in [0.2, 0.25) is 5.95 Å². The molecule has 0 unspecified atom stereocenters. The van der Waals surface area contributed by atoms with Crippen molar-refractivity contribution >= 4 is 17.5 Å². The van der Waals surface area contributed by atoms with Crippen LogP contribution in [0.2, 0.25) is 0 Å². The Morgan fingerprint density at radius 3 is 2.69 bits per heavy atom. The zero-order chi connectivity index (χ0) is 29.1. The smallest absolute Gasteiger partial charge is 0.254 e. The number of carbonyl (C=O) groups is 1. The van der Waals surface area contributed by atoms with Crippen molar-refractivity contribution in [1.29, 1.82) is 5.26 Å². The van der Waals surface area contributed by atoms with E-state index in [4.69, 9.17) is 14.2 Å². The molecule has 1 saturated heterocycles. The first-order valence-corrected chi connectivity index (χ1v) is 13.6. The summed E-state index contributed by atoms with van der Waals surface area (Å²) in [7, 11) is 1.60. The van der Waals surface area contributed by atoms with Gasteiger partial charge in [-0.3, -0.25) is 4.79 Å². The third-order valence-corrected chi connectivity index (χ3v) is 7.41. The van der Waals surface area contributed by atoms with E-state index in [1.165, 1.54) is 6.33 Å². The van der Waals surface area contributed by atoms with Gasteiger partial charge < -0.3 is 24.4 Å². The number of hydrogen-bond acceptors (Lipinski definition) is 11. The Morgan fingerprint density at radius 2 is 1.98 bits per heavy atom. The van der Waals surface area contributed by atoms with E-state index in [1.807, 2.05) is 30.0 Å². The number of hydrogen-bond donors (Lipinski definition) is 1. The van der Waals surface area contributed by atoms with E-state index in [9.17, 15) is 10.1 Å². The van der Waals surface area contributed by atoms with Crippen LogP contribution in [0.15, 0.2) is 49.1 Å². The largest absolute Gasteiger partial charge is 0.494 e. The number of ether oxygens (including phenoxy) is 3. The lowest BCUT2D eigenvalue weighted by Gasteiger charge is -2.30. The summed E-state index contributed by atoms with van der Waals surface area (Å²) in [6, 6.07) is 11.3. The molecule has 4 heterocycles. The van der Waals surface area contributed by atoms with Gasteiger partial charge in [-0.2, -0.15) is 5.26 Å². The molecule has 13 heteroatoms. The van der Waals surface area contributed by atoms with Crippen LogP contribution in [0.25, 0.3) is 11.1 Å². The monoisotopic (exact) mass is 567 g/mol. The number of tetrazole rings is 1. The standard InChI is InChI=1S/C29H29N9O4/c1-18(15-37-17-33-35-36-37)42-26-11-19(3-4-20(26)12-30)21-13-31-29(32-14-21)34-25-6-5-23-24(27(25)40-2)16-38(28(23)39)22-7-9-41-10-8-22/h3-6,11,13-14,17-18,22H,7-10,15-16H2,1-2H3,(H,31,32,34)/t18-/m0/s1. The van der Waals surface area contributed by atoms with Gasteiger partial charge in [-0.05, 0) is 60.0 Å². The van der Waals surface area contributed by atoms with Gasteiger partial charge in [0.25, 0.3) is 5.91 Å². The third-order valence-electron chi connectivity index (χ3n) is 7.41. The van der Waals surface area contributed by atoms with Crippen LogP contribution in [0.5, 0.6) is 11.5 Å². The number of nitrogens with zero attached hydrogens (tertiary/aromatic N) is 8. The molecule has 1 atom stereocenters. The molecule has 42 heavy (non-hydrogen) atoms. The minimum Gasteiger partial charge on any atom is -0.494 e. The molecule has 4 aromatic rings. The molecule has 0 radical (unpaired) electrons. The lowest BCUT2D eigenvalue weighted by atomic mass is 10.1. The Kier molecular flexibility index (Phi) is 7.61. The summed E-state index contributed by atoms with van der Waals surface area (Å²) in [4.78, 5) is 24.1. The lowest BCUT2D eigenvalue weighted by Crippen LogP contribution is -2.39. The number of anilines is 2. The van der Waals surface area contributed by atoms with E-state index in [2.05, 4.69) is 36.9 Å². The minimum atomic E-state index is -0.278. The molecule has 214 valence electrons. The second-order valence-corrected chi connectivity index (χ2v) is 10.2. The van der Waals surface area contributed by atoms with Crippen molar-refractivity contribution in [2.75, 3.05) is 25.6 Å². The first-order chi connectivity index (χ1) is 20.5. The highest BCUT2D eigenvalue weighted by molar-refractivity contribution is 6.00. The molecule has 0 bridgehead atoms. The Balaban J connectivity index is 1.18. The number of methoxy groups -OCH3 is 1. The first kappa shape index (κ1) is 27.1. The maximum absolute atomic E-state index is 13.1. The molecule has 0 aliphatic carbocycles. The summed E-state index contributed by atoms with van der Waals surface area (Å²) in [6.07, 6.45) is 6.29. The summed E-state index contributed by atoms with van der Waals surface area (Å²) < 4.78 is 18.9. The Labute approximate surface area is 242 Å². The molecular weight excluding hydrogens is 538 g/mol. The Morgan fingerprint density at radius 1 is 1.17 bits per heavy atom. The van der Waals surface area contributed by atoms with Gasteiger partial charge in [0.1, 0.15) is 30.0 Å². The average Bonchev–Trinajstić information content (AvgIpc) is 3.65. The molecule has 2 aromatic carbocycles. The number of aromatic nitrogens is 6. The molecule has 1 N–H and O–H groups in total. The van der Waals surface area contributed by atoms with Gasteiger partial charge in [0, 0.05) is 48.3 Å². The molecule has 0 saturated carbocycles. The quantitative estimate of drug-likeness (QED) is 0.317. The van der Waals surface area contributed by atoms with Gasteiger partial charge in [0.15, 0.2) is 0 Å². The summed E-state index contributed by atoms with van der Waals surface area (Å²) in [5, 5.41) is 23.9. The average molecular weight is 568 g/mol. The van der Waals surface area contributed by atoms with E-state index < -0.39 is 0 Å². The zero-order valence-electron chi connectivity index (χ0n) is 23.2. The highest BCUT2D eigenvalue weighted by Gasteiger charge is 2.36. The SMILES string of the molecule is COc1c(Nc2ncc(-c3ccc(C#N)c(O[C@@H](C)Cn4cnnn4)c3)cn2)ccc2c1CN(C1CCOCC1)C2=O. The van der Waals surface area contributed by atoms with Crippen LogP contribution in [0, 0.1) is 11.3 Å². The topological polar surface area (TPSA) is 153 Å². The van der Waals surface area contributed by atoms with Crippen LogP contribution in [-0.2, 0) is 17.8 Å². The van der Waals surface area contributed by atoms with Crippen LogP contribution in [0.1, 0.15) is 41.3 Å². The maximum Gasteiger partial charge on any atom is 0.254 e. The van der Waals surface area contributed by atoms with Crippen molar-refractivity contribution in [3.63, 3.8) is 0 Å². The normalized spacial score (nSPS) is 15.6. The fourth-order valence-corrected chi connectivity index (χ4v) is 5.34. The molecule has 1 amide bonds. The maximum atomic E-state index is 13.1. The second kappa shape index (κ2) is 11.8. The number of nitrogens with one attached hydrogen (secondary N) is 1. The third kappa shape index (κ3) is 5.44. The predicted octanol–water partition coefficient (Wildman–Crippen LogP) is 3.36. The van der Waals surface area contributed by atoms with E-state index >= 15 is 0 Å². The molecule has 1 fully saturated rings. The van der Waals surface area contributed by atoms with Gasteiger partial charge in [-0.1, -0.05) is 6.07 Å². The lowest BCUT2D eigenvalue weighted by molar-refractivity contribution is 0.0303. The van der Waals surface area contributed by atoms with E-state index in [0.717, 1.165) is 29.5 Å². The Bertz CT molecular complexity index is 1610. The van der Waals surface area contributed by atoms with Gasteiger partial charge in [0.05, 0.1) is 31.5 Å². The van der Waals surface area contributed by atoms with E-state index in [-0.39, 0.29) is 18.1 Å². The van der Waals surface area contributed by atoms with Crippen LogP contribution >= 0.6 is 0 Å². The summed E-state index contributed by atoms with van der Waals surface area (Å²) in [5.74, 6) is 1.46. The molecule has 2 aromatic heterocycles. The molecule has 2 aliphatic rings. The summed E-state index contributed by atoms with van der Waals surface area (Å²) in [5.41, 5.74) is 4.16. The molecule has 2 aliphatic heterocycles. The van der Waals surface area contributed by atoms with Crippen molar-refractivity contribution in [2.24, 2.45) is 0 Å². The number of amides is 1. The summed E-state index contributed by atoms with van der Waals surface area (Å²) in [6.45, 7) is 4.14. The number of rotatable bonds is 9. The van der Waals surface area contributed by atoms with Gasteiger partial charge in [-0.25, -0.2) is 14.6 Å². The fraction of sp³-hybridized carbons (Fsp3) is 0.345. The van der Waals surface area contributed by atoms with Crippen LogP contribution in [-0.4, -0.2) is 73.5 Å². The van der Waals surface area contributed by atoms with Crippen LogP contribution in [0.4, 0.5) is 11.6 Å². The van der Waals surface area contributed by atoms with Crippen molar-refractivity contribution < 1.29 is 19.0 Å². The number of carbonyl (C=O) groups excluding carboxylic acids is 1. The summed E-state index contributed by atoms with van der Waals surface area (Å²) >= 11 is 0. The zero-order valence-corrected chi connectivity index (χ0v) is 23.2. The van der Waals surface area contributed by atoms with Gasteiger partial charge in [-0.15, -0.1) is 5.10 Å². The highest BCUT2D eigenvalue weighted by Crippen LogP contribution is 2.39. The van der Waals surface area contributed by atoms with Crippen molar-refractivity contribution in [1.82, 2.24) is 35.1 Å². The van der Waals surface area contributed by atoms with Crippen molar-refractivity contribution in [3.05, 3.63) is 65.7 Å². The minimum absolute atomic E-state index is 0.0258. The highest BCUT2D eigenvalue weighted by atomic mass is 16.5. The second-order valence-electron chi connectivity index (χ2n) is 10.2.